The fourth-order valence-corrected chi connectivity index (χ4v) is 1.37. The van der Waals surface area contributed by atoms with Crippen LogP contribution in [-0.4, -0.2) is 4.98 Å². The second kappa shape index (κ2) is 3.77. The Labute approximate surface area is 86.4 Å². The van der Waals surface area contributed by atoms with Gasteiger partial charge in [-0.1, -0.05) is 12.1 Å². The quantitative estimate of drug-likeness (QED) is 0.650. The molecule has 1 aromatic carbocycles. The molecular formula is C12H9F2N. The van der Waals surface area contributed by atoms with Crippen molar-refractivity contribution < 1.29 is 8.78 Å². The van der Waals surface area contributed by atoms with Gasteiger partial charge >= 0.3 is 0 Å². The molecule has 0 bridgehead atoms. The van der Waals surface area contributed by atoms with Crippen LogP contribution < -0.4 is 0 Å². The Kier molecular flexibility index (Phi) is 2.46. The minimum Gasteiger partial charge on any atom is -0.225 e. The van der Waals surface area contributed by atoms with E-state index in [2.05, 4.69) is 4.98 Å². The maximum absolute atomic E-state index is 13.4. The van der Waals surface area contributed by atoms with E-state index in [1.807, 2.05) is 0 Å². The molecule has 0 amide bonds. The molecule has 0 spiro atoms. The van der Waals surface area contributed by atoms with E-state index in [1.54, 1.807) is 19.1 Å². The van der Waals surface area contributed by atoms with E-state index >= 15 is 0 Å². The van der Waals surface area contributed by atoms with Crippen LogP contribution in [0.3, 0.4) is 0 Å². The number of rotatable bonds is 1. The third-order valence-electron chi connectivity index (χ3n) is 2.14. The molecule has 1 aromatic heterocycles. The van der Waals surface area contributed by atoms with Gasteiger partial charge in [0.1, 0.15) is 5.82 Å². The molecule has 0 unspecified atom stereocenters. The molecule has 0 saturated carbocycles. The third-order valence-corrected chi connectivity index (χ3v) is 2.14. The number of aromatic nitrogens is 1. The van der Waals surface area contributed by atoms with Gasteiger partial charge < -0.3 is 0 Å². The average Bonchev–Trinajstić information content (AvgIpc) is 2.20. The summed E-state index contributed by atoms with van der Waals surface area (Å²) in [5.41, 5.74) is 1.64. The topological polar surface area (TPSA) is 12.9 Å². The van der Waals surface area contributed by atoms with Crippen LogP contribution in [0.1, 0.15) is 5.69 Å². The molecule has 0 aliphatic heterocycles. The van der Waals surface area contributed by atoms with E-state index in [0.717, 1.165) is 0 Å². The van der Waals surface area contributed by atoms with Crippen LogP contribution in [0.25, 0.3) is 11.1 Å². The molecule has 15 heavy (non-hydrogen) atoms. The number of halogens is 2. The van der Waals surface area contributed by atoms with Crippen molar-refractivity contribution in [2.75, 3.05) is 0 Å². The molecule has 0 aliphatic carbocycles. The molecule has 0 saturated heterocycles. The summed E-state index contributed by atoms with van der Waals surface area (Å²) < 4.78 is 26.1. The van der Waals surface area contributed by atoms with Crippen molar-refractivity contribution in [3.8, 4) is 11.1 Å². The second-order valence-corrected chi connectivity index (χ2v) is 3.30. The maximum Gasteiger partial charge on any atom is 0.220 e. The van der Waals surface area contributed by atoms with Crippen LogP contribution in [0, 0.1) is 18.7 Å². The molecule has 1 nitrogen and oxygen atoms in total. The predicted molar refractivity (Wildman–Crippen MR) is 54.3 cm³/mol. The lowest BCUT2D eigenvalue weighted by atomic mass is 10.1. The fourth-order valence-electron chi connectivity index (χ4n) is 1.37. The van der Waals surface area contributed by atoms with Crippen molar-refractivity contribution in [1.82, 2.24) is 4.98 Å². The number of aryl methyl sites for hydroxylation is 1. The van der Waals surface area contributed by atoms with Gasteiger partial charge in [-0.05, 0) is 36.8 Å². The highest BCUT2D eigenvalue weighted by Gasteiger charge is 2.05. The number of hydrogen-bond donors (Lipinski definition) is 0. The Morgan fingerprint density at radius 1 is 0.933 bits per heavy atom. The largest absolute Gasteiger partial charge is 0.225 e. The van der Waals surface area contributed by atoms with Gasteiger partial charge in [0.05, 0.1) is 0 Å². The van der Waals surface area contributed by atoms with Crippen molar-refractivity contribution in [1.29, 1.82) is 0 Å². The minimum absolute atomic E-state index is 0.334. The van der Waals surface area contributed by atoms with Gasteiger partial charge in [0, 0.05) is 11.3 Å². The van der Waals surface area contributed by atoms with Gasteiger partial charge in [-0.2, -0.15) is 4.39 Å². The highest BCUT2D eigenvalue weighted by molar-refractivity contribution is 5.62. The van der Waals surface area contributed by atoms with E-state index in [1.165, 1.54) is 24.3 Å². The summed E-state index contributed by atoms with van der Waals surface area (Å²) in [5, 5.41) is 0. The summed E-state index contributed by atoms with van der Waals surface area (Å²) in [5.74, 6) is -0.860. The van der Waals surface area contributed by atoms with Crippen molar-refractivity contribution in [2.24, 2.45) is 0 Å². The summed E-state index contributed by atoms with van der Waals surface area (Å²) >= 11 is 0. The molecule has 76 valence electrons. The van der Waals surface area contributed by atoms with Crippen molar-refractivity contribution in [2.45, 2.75) is 6.92 Å². The molecule has 0 fully saturated rings. The summed E-state index contributed by atoms with van der Waals surface area (Å²) in [6, 6.07) is 9.03. The Hall–Kier alpha value is -1.77. The highest BCUT2D eigenvalue weighted by Crippen LogP contribution is 2.21. The lowest BCUT2D eigenvalue weighted by Gasteiger charge is -2.03. The van der Waals surface area contributed by atoms with Crippen molar-refractivity contribution in [3.05, 3.63) is 53.9 Å². The van der Waals surface area contributed by atoms with Crippen molar-refractivity contribution in [3.63, 3.8) is 0 Å². The van der Waals surface area contributed by atoms with E-state index in [4.69, 9.17) is 0 Å². The van der Waals surface area contributed by atoms with Crippen LogP contribution in [0.4, 0.5) is 8.78 Å². The van der Waals surface area contributed by atoms with Crippen molar-refractivity contribution >= 4 is 0 Å². The van der Waals surface area contributed by atoms with Crippen LogP contribution in [0.15, 0.2) is 36.4 Å². The van der Waals surface area contributed by atoms with Crippen LogP contribution in [0.2, 0.25) is 0 Å². The normalized spacial score (nSPS) is 10.3. The third kappa shape index (κ3) is 2.01. The molecule has 0 atom stereocenters. The van der Waals surface area contributed by atoms with Crippen LogP contribution in [-0.2, 0) is 0 Å². The van der Waals surface area contributed by atoms with Gasteiger partial charge in [0.2, 0.25) is 5.95 Å². The SMILES string of the molecule is Cc1ccc(-c2ccc(F)cc2)c(F)n1. The zero-order valence-electron chi connectivity index (χ0n) is 8.17. The highest BCUT2D eigenvalue weighted by atomic mass is 19.1. The zero-order valence-corrected chi connectivity index (χ0v) is 8.17. The zero-order chi connectivity index (χ0) is 10.8. The van der Waals surface area contributed by atoms with Gasteiger partial charge in [-0.15, -0.1) is 0 Å². The Balaban J connectivity index is 2.49. The average molecular weight is 205 g/mol. The number of nitrogens with zero attached hydrogens (tertiary/aromatic N) is 1. The summed E-state index contributed by atoms with van der Waals surface area (Å²) in [6.07, 6.45) is 0. The molecule has 0 aliphatic rings. The molecule has 0 radical (unpaired) electrons. The number of hydrogen-bond acceptors (Lipinski definition) is 1. The van der Waals surface area contributed by atoms with Gasteiger partial charge in [-0.3, -0.25) is 0 Å². The van der Waals surface area contributed by atoms with Gasteiger partial charge in [0.15, 0.2) is 0 Å². The molecular weight excluding hydrogens is 196 g/mol. The monoisotopic (exact) mass is 205 g/mol. The number of benzene rings is 1. The first-order chi connectivity index (χ1) is 7.16. The molecule has 2 aromatic rings. The molecule has 3 heteroatoms. The number of pyridine rings is 1. The molecule has 2 rings (SSSR count). The maximum atomic E-state index is 13.4. The van der Waals surface area contributed by atoms with Crippen LogP contribution >= 0.6 is 0 Å². The van der Waals surface area contributed by atoms with E-state index in [-0.39, 0.29) is 5.82 Å². The summed E-state index contributed by atoms with van der Waals surface area (Å²) in [6.45, 7) is 1.72. The lowest BCUT2D eigenvalue weighted by Crippen LogP contribution is -1.91. The second-order valence-electron chi connectivity index (χ2n) is 3.30. The molecule has 1 heterocycles. The first kappa shape index (κ1) is 9.77. The Morgan fingerprint density at radius 3 is 2.20 bits per heavy atom. The first-order valence-electron chi connectivity index (χ1n) is 4.56. The van der Waals surface area contributed by atoms with Gasteiger partial charge in [-0.25, -0.2) is 9.37 Å². The van der Waals surface area contributed by atoms with E-state index in [9.17, 15) is 8.78 Å². The van der Waals surface area contributed by atoms with E-state index < -0.39 is 5.95 Å². The molecule has 0 N–H and O–H groups in total. The summed E-state index contributed by atoms with van der Waals surface area (Å²) in [4.78, 5) is 3.71. The summed E-state index contributed by atoms with van der Waals surface area (Å²) in [7, 11) is 0. The fraction of sp³-hybridized carbons (Fsp3) is 0.0833. The first-order valence-corrected chi connectivity index (χ1v) is 4.56. The van der Waals surface area contributed by atoms with Crippen LogP contribution in [0.5, 0.6) is 0 Å². The Bertz CT molecular complexity index is 477. The predicted octanol–water partition coefficient (Wildman–Crippen LogP) is 3.34. The standard InChI is InChI=1S/C12H9F2N/c1-8-2-7-11(12(14)15-8)9-3-5-10(13)6-4-9/h2-7H,1H3. The Morgan fingerprint density at radius 2 is 1.60 bits per heavy atom. The van der Waals surface area contributed by atoms with E-state index in [0.29, 0.717) is 16.8 Å². The van der Waals surface area contributed by atoms with Gasteiger partial charge in [0.25, 0.3) is 0 Å². The smallest absolute Gasteiger partial charge is 0.220 e. The lowest BCUT2D eigenvalue weighted by molar-refractivity contribution is 0.583. The minimum atomic E-state index is -0.526.